The summed E-state index contributed by atoms with van der Waals surface area (Å²) in [6.07, 6.45) is 2.02. The van der Waals surface area contributed by atoms with Gasteiger partial charge in [0.25, 0.3) is 0 Å². The molecular formula is C13H14ClNO3. The highest BCUT2D eigenvalue weighted by Crippen LogP contribution is 2.32. The van der Waals surface area contributed by atoms with Gasteiger partial charge in [-0.2, -0.15) is 0 Å². The van der Waals surface area contributed by atoms with Crippen LogP contribution in [0.1, 0.15) is 12.0 Å². The van der Waals surface area contributed by atoms with E-state index in [1.807, 2.05) is 29.8 Å². The van der Waals surface area contributed by atoms with Crippen LogP contribution in [0.4, 0.5) is 0 Å². The van der Waals surface area contributed by atoms with Crippen LogP contribution >= 0.6 is 11.6 Å². The molecular weight excluding hydrogens is 254 g/mol. The Morgan fingerprint density at radius 1 is 1.50 bits per heavy atom. The number of methoxy groups -OCH3 is 1. The maximum Gasteiger partial charge on any atom is 0.305 e. The van der Waals surface area contributed by atoms with Gasteiger partial charge in [0.2, 0.25) is 0 Å². The number of carbonyl (C=O) groups is 1. The zero-order chi connectivity index (χ0) is 13.3. The molecule has 0 aliphatic rings. The smallest absolute Gasteiger partial charge is 0.305 e. The Hall–Kier alpha value is -1.68. The minimum Gasteiger partial charge on any atom is -0.495 e. The number of ether oxygens (including phenoxy) is 1. The van der Waals surface area contributed by atoms with Crippen LogP contribution < -0.4 is 4.74 Å². The predicted molar refractivity (Wildman–Crippen MR) is 70.5 cm³/mol. The normalized spacial score (nSPS) is 10.8. The van der Waals surface area contributed by atoms with Gasteiger partial charge in [0.15, 0.2) is 0 Å². The van der Waals surface area contributed by atoms with Crippen molar-refractivity contribution < 1.29 is 14.6 Å². The molecule has 5 heteroatoms. The summed E-state index contributed by atoms with van der Waals surface area (Å²) in [6.45, 7) is 2.41. The van der Waals surface area contributed by atoms with Crippen LogP contribution in [0, 0.1) is 6.92 Å². The number of aryl methyl sites for hydroxylation is 2. The number of carboxylic acid groups (broad SMARTS) is 1. The van der Waals surface area contributed by atoms with Crippen LogP contribution in [0.5, 0.6) is 5.75 Å². The van der Waals surface area contributed by atoms with E-state index in [0.29, 0.717) is 17.3 Å². The Morgan fingerprint density at radius 3 is 2.83 bits per heavy atom. The molecule has 96 valence electrons. The van der Waals surface area contributed by atoms with Crippen LogP contribution in [0.15, 0.2) is 18.3 Å². The highest BCUT2D eigenvalue weighted by Gasteiger charge is 2.11. The number of nitrogens with zero attached hydrogens (tertiary/aromatic N) is 1. The van der Waals surface area contributed by atoms with Crippen molar-refractivity contribution in [2.45, 2.75) is 19.9 Å². The third-order valence-corrected chi connectivity index (χ3v) is 3.22. The first-order valence-corrected chi connectivity index (χ1v) is 5.95. The molecule has 1 aromatic heterocycles. The van der Waals surface area contributed by atoms with Crippen molar-refractivity contribution in [1.29, 1.82) is 0 Å². The van der Waals surface area contributed by atoms with Crippen LogP contribution in [-0.4, -0.2) is 22.8 Å². The molecule has 18 heavy (non-hydrogen) atoms. The molecule has 0 aliphatic carbocycles. The molecule has 0 bridgehead atoms. The summed E-state index contributed by atoms with van der Waals surface area (Å²) in [7, 11) is 1.57. The first-order chi connectivity index (χ1) is 8.52. The summed E-state index contributed by atoms with van der Waals surface area (Å²) < 4.78 is 7.09. The van der Waals surface area contributed by atoms with Gasteiger partial charge < -0.3 is 14.4 Å². The fraction of sp³-hybridized carbons (Fsp3) is 0.308. The van der Waals surface area contributed by atoms with Crippen molar-refractivity contribution in [3.63, 3.8) is 0 Å². The van der Waals surface area contributed by atoms with E-state index in [-0.39, 0.29) is 6.42 Å². The third-order valence-electron chi connectivity index (χ3n) is 2.92. The van der Waals surface area contributed by atoms with E-state index in [0.717, 1.165) is 16.5 Å². The second kappa shape index (κ2) is 4.90. The Morgan fingerprint density at radius 2 is 2.22 bits per heavy atom. The van der Waals surface area contributed by atoms with Crippen LogP contribution in [0.3, 0.4) is 0 Å². The number of rotatable bonds is 4. The highest BCUT2D eigenvalue weighted by atomic mass is 35.5. The molecule has 0 saturated carbocycles. The van der Waals surface area contributed by atoms with Crippen LogP contribution in [0.2, 0.25) is 5.02 Å². The van der Waals surface area contributed by atoms with Gasteiger partial charge in [-0.3, -0.25) is 4.79 Å². The third kappa shape index (κ3) is 2.29. The van der Waals surface area contributed by atoms with Gasteiger partial charge in [0, 0.05) is 18.1 Å². The number of hydrogen-bond donors (Lipinski definition) is 1. The first kappa shape index (κ1) is 12.8. The summed E-state index contributed by atoms with van der Waals surface area (Å²) in [4.78, 5) is 10.6. The molecule has 4 nitrogen and oxygen atoms in total. The summed E-state index contributed by atoms with van der Waals surface area (Å²) >= 11 is 6.09. The molecule has 2 aromatic rings. The number of hydrogen-bond acceptors (Lipinski definition) is 2. The fourth-order valence-corrected chi connectivity index (χ4v) is 2.26. The monoisotopic (exact) mass is 267 g/mol. The fourth-order valence-electron chi connectivity index (χ4n) is 2.03. The van der Waals surface area contributed by atoms with Crippen LogP contribution in [-0.2, 0) is 11.3 Å². The van der Waals surface area contributed by atoms with Crippen molar-refractivity contribution in [3.8, 4) is 5.75 Å². The second-order valence-electron chi connectivity index (χ2n) is 4.15. The minimum absolute atomic E-state index is 0.0901. The Bertz CT molecular complexity index is 604. The molecule has 0 unspecified atom stereocenters. The van der Waals surface area contributed by atoms with Gasteiger partial charge in [-0.15, -0.1) is 0 Å². The Balaban J connectivity index is 2.50. The lowest BCUT2D eigenvalue weighted by molar-refractivity contribution is -0.137. The zero-order valence-corrected chi connectivity index (χ0v) is 11.0. The van der Waals surface area contributed by atoms with E-state index >= 15 is 0 Å². The number of benzene rings is 1. The molecule has 1 heterocycles. The molecule has 0 fully saturated rings. The van der Waals surface area contributed by atoms with Gasteiger partial charge in [0.1, 0.15) is 5.75 Å². The van der Waals surface area contributed by atoms with Crippen molar-refractivity contribution >= 4 is 28.5 Å². The minimum atomic E-state index is -0.811. The lowest BCUT2D eigenvalue weighted by Crippen LogP contribution is -2.03. The average molecular weight is 268 g/mol. The van der Waals surface area contributed by atoms with Crippen molar-refractivity contribution in [1.82, 2.24) is 4.57 Å². The topological polar surface area (TPSA) is 51.5 Å². The summed E-state index contributed by atoms with van der Waals surface area (Å²) in [5.74, 6) is -0.183. The number of aliphatic carboxylic acids is 1. The molecule has 1 N–H and O–H groups in total. The maximum atomic E-state index is 10.6. The molecule has 2 rings (SSSR count). The van der Waals surface area contributed by atoms with Crippen LogP contribution in [0.25, 0.3) is 10.9 Å². The van der Waals surface area contributed by atoms with Crippen molar-refractivity contribution in [2.75, 3.05) is 7.11 Å². The van der Waals surface area contributed by atoms with Gasteiger partial charge >= 0.3 is 5.97 Å². The molecule has 0 radical (unpaired) electrons. The van der Waals surface area contributed by atoms with E-state index in [2.05, 4.69) is 0 Å². The maximum absolute atomic E-state index is 10.6. The van der Waals surface area contributed by atoms with E-state index in [1.165, 1.54) is 0 Å². The SMILES string of the molecule is COc1cc2c(C)cn(CCC(=O)O)c2cc1Cl. The Labute approximate surface area is 110 Å². The predicted octanol–water partition coefficient (Wildman–Crippen LogP) is 3.09. The first-order valence-electron chi connectivity index (χ1n) is 5.57. The van der Waals surface area contributed by atoms with E-state index in [9.17, 15) is 4.79 Å². The zero-order valence-electron chi connectivity index (χ0n) is 10.2. The van der Waals surface area contributed by atoms with Crippen molar-refractivity contribution in [3.05, 3.63) is 28.9 Å². The molecule has 0 aliphatic heterocycles. The highest BCUT2D eigenvalue weighted by molar-refractivity contribution is 6.32. The number of carboxylic acids is 1. The summed E-state index contributed by atoms with van der Waals surface area (Å²) in [6, 6.07) is 3.69. The standard InChI is InChI=1S/C13H14ClNO3/c1-8-7-15(4-3-13(16)17)11-6-10(14)12(18-2)5-9(8)11/h5-7H,3-4H2,1-2H3,(H,16,17). The Kier molecular flexibility index (Phi) is 3.48. The van der Waals surface area contributed by atoms with Gasteiger partial charge in [-0.25, -0.2) is 0 Å². The van der Waals surface area contributed by atoms with Gasteiger partial charge in [-0.05, 0) is 24.6 Å². The molecule has 0 atom stereocenters. The quantitative estimate of drug-likeness (QED) is 0.926. The van der Waals surface area contributed by atoms with Crippen molar-refractivity contribution in [2.24, 2.45) is 0 Å². The molecule has 0 amide bonds. The summed E-state index contributed by atoms with van der Waals surface area (Å²) in [5, 5.41) is 10.3. The summed E-state index contributed by atoms with van der Waals surface area (Å²) in [5.41, 5.74) is 2.00. The molecule has 0 spiro atoms. The molecule has 0 saturated heterocycles. The average Bonchev–Trinajstić information content (AvgIpc) is 2.62. The lowest BCUT2D eigenvalue weighted by Gasteiger charge is -2.06. The number of halogens is 1. The van der Waals surface area contributed by atoms with E-state index < -0.39 is 5.97 Å². The van der Waals surface area contributed by atoms with E-state index in [1.54, 1.807) is 7.11 Å². The second-order valence-corrected chi connectivity index (χ2v) is 4.56. The number of aromatic nitrogens is 1. The lowest BCUT2D eigenvalue weighted by atomic mass is 10.2. The largest absolute Gasteiger partial charge is 0.495 e. The van der Waals surface area contributed by atoms with Gasteiger partial charge in [0.05, 0.1) is 24.1 Å². The number of fused-ring (bicyclic) bond motifs is 1. The molecule has 1 aromatic carbocycles. The van der Waals surface area contributed by atoms with E-state index in [4.69, 9.17) is 21.4 Å². The van der Waals surface area contributed by atoms with Gasteiger partial charge in [-0.1, -0.05) is 11.6 Å².